The van der Waals surface area contributed by atoms with Gasteiger partial charge in [0.15, 0.2) is 17.0 Å². The Kier molecular flexibility index (Phi) is 7.80. The Labute approximate surface area is 254 Å². The van der Waals surface area contributed by atoms with Crippen molar-refractivity contribution in [3.63, 3.8) is 0 Å². The number of ether oxygens (including phenoxy) is 2. The third-order valence-corrected chi connectivity index (χ3v) is 8.93. The SMILES string of the molecule is COc1cc(CN(Cc2cn3c4c(c(F)c(F)cc4c2=O)OCC3)[C@H]2CCCN(c3ccc(NCC4CC4)nc3)C2)ccn1. The van der Waals surface area contributed by atoms with Crippen LogP contribution in [0, 0.1) is 17.6 Å². The Balaban J connectivity index is 1.19. The lowest BCUT2D eigenvalue weighted by Crippen LogP contribution is -2.48. The molecule has 1 saturated carbocycles. The summed E-state index contributed by atoms with van der Waals surface area (Å²) in [6, 6.07) is 9.15. The first-order valence-electron chi connectivity index (χ1n) is 15.3. The Morgan fingerprint density at radius 2 is 2.00 bits per heavy atom. The van der Waals surface area contributed by atoms with Gasteiger partial charge in [0.25, 0.3) is 0 Å². The number of hydrogen-bond acceptors (Lipinski definition) is 8. The summed E-state index contributed by atoms with van der Waals surface area (Å²) < 4.78 is 41.7. The van der Waals surface area contributed by atoms with Gasteiger partial charge in [-0.15, -0.1) is 0 Å². The van der Waals surface area contributed by atoms with E-state index < -0.39 is 11.6 Å². The molecule has 0 spiro atoms. The summed E-state index contributed by atoms with van der Waals surface area (Å²) in [6.07, 6.45) is 9.96. The maximum atomic E-state index is 14.6. The molecule has 1 atom stereocenters. The van der Waals surface area contributed by atoms with E-state index in [0.717, 1.165) is 61.5 Å². The highest BCUT2D eigenvalue weighted by molar-refractivity contribution is 5.86. The van der Waals surface area contributed by atoms with E-state index in [4.69, 9.17) is 9.47 Å². The lowest BCUT2D eigenvalue weighted by Gasteiger charge is -2.40. The summed E-state index contributed by atoms with van der Waals surface area (Å²) in [5.41, 5.74) is 2.60. The highest BCUT2D eigenvalue weighted by atomic mass is 19.2. The summed E-state index contributed by atoms with van der Waals surface area (Å²) in [7, 11) is 1.59. The van der Waals surface area contributed by atoms with Crippen LogP contribution in [0.25, 0.3) is 10.9 Å². The van der Waals surface area contributed by atoms with Crippen LogP contribution in [0.15, 0.2) is 53.7 Å². The lowest BCUT2D eigenvalue weighted by molar-refractivity contribution is 0.157. The Morgan fingerprint density at radius 3 is 2.80 bits per heavy atom. The largest absolute Gasteiger partial charge is 0.486 e. The number of aromatic nitrogens is 3. The average Bonchev–Trinajstić information content (AvgIpc) is 3.89. The van der Waals surface area contributed by atoms with Gasteiger partial charge in [0.1, 0.15) is 12.4 Å². The molecule has 2 aliphatic heterocycles. The standard InChI is InChI=1S/C33H36F2N6O3/c1-43-29-13-22(8-9-36-29)17-41(19-23-18-40-11-12-44-33-30(35)27(34)14-26(31(33)40)32(23)42)25-3-2-10-39(20-25)24-6-7-28(38-16-24)37-15-21-4-5-21/h6-9,13-14,16,18,21,25H,2-5,10-12,15,17,19-20H2,1H3,(H,37,38)/t25-/m0/s1. The lowest BCUT2D eigenvalue weighted by atomic mass is 10.0. The molecule has 44 heavy (non-hydrogen) atoms. The molecule has 4 aromatic rings. The third kappa shape index (κ3) is 5.80. The molecular weight excluding hydrogens is 566 g/mol. The minimum atomic E-state index is -1.08. The van der Waals surface area contributed by atoms with Gasteiger partial charge in [-0.2, -0.15) is 4.39 Å². The molecule has 1 N–H and O–H groups in total. The second-order valence-corrected chi connectivity index (χ2v) is 12.0. The van der Waals surface area contributed by atoms with Crippen molar-refractivity contribution in [1.29, 1.82) is 0 Å². The molecule has 230 valence electrons. The summed E-state index contributed by atoms with van der Waals surface area (Å²) in [6.45, 7) is 4.20. The molecule has 2 fully saturated rings. The van der Waals surface area contributed by atoms with Gasteiger partial charge in [-0.1, -0.05) is 0 Å². The number of anilines is 2. The number of methoxy groups -OCH3 is 1. The molecule has 11 heteroatoms. The number of rotatable bonds is 10. The number of piperidine rings is 1. The summed E-state index contributed by atoms with van der Waals surface area (Å²) in [5.74, 6) is -0.143. The van der Waals surface area contributed by atoms with Crippen molar-refractivity contribution in [2.24, 2.45) is 5.92 Å². The minimum Gasteiger partial charge on any atom is -0.486 e. The monoisotopic (exact) mass is 602 g/mol. The zero-order chi connectivity index (χ0) is 30.2. The molecule has 3 aliphatic rings. The quantitative estimate of drug-likeness (QED) is 0.273. The van der Waals surface area contributed by atoms with Crippen LogP contribution < -0.4 is 25.1 Å². The van der Waals surface area contributed by atoms with Crippen molar-refractivity contribution < 1.29 is 18.3 Å². The van der Waals surface area contributed by atoms with Crippen molar-refractivity contribution in [3.05, 3.63) is 81.9 Å². The maximum Gasteiger partial charge on any atom is 0.213 e. The van der Waals surface area contributed by atoms with Crippen LogP contribution in [-0.4, -0.2) is 58.8 Å². The van der Waals surface area contributed by atoms with E-state index in [1.54, 1.807) is 19.5 Å². The summed E-state index contributed by atoms with van der Waals surface area (Å²) in [4.78, 5) is 27.4. The number of nitrogens with zero attached hydrogens (tertiary/aromatic N) is 5. The normalized spacial score (nSPS) is 18.0. The second-order valence-electron chi connectivity index (χ2n) is 12.0. The molecule has 1 saturated heterocycles. The molecule has 0 radical (unpaired) electrons. The smallest absolute Gasteiger partial charge is 0.213 e. The van der Waals surface area contributed by atoms with Crippen LogP contribution >= 0.6 is 0 Å². The van der Waals surface area contributed by atoms with Gasteiger partial charge in [-0.3, -0.25) is 9.69 Å². The number of hydrogen-bond donors (Lipinski definition) is 1. The fraction of sp³-hybridized carbons (Fsp3) is 0.424. The van der Waals surface area contributed by atoms with Crippen molar-refractivity contribution in [1.82, 2.24) is 19.4 Å². The fourth-order valence-electron chi connectivity index (χ4n) is 6.37. The van der Waals surface area contributed by atoms with E-state index in [9.17, 15) is 13.6 Å². The van der Waals surface area contributed by atoms with Crippen molar-refractivity contribution >= 4 is 22.4 Å². The minimum absolute atomic E-state index is 0.121. The van der Waals surface area contributed by atoms with Gasteiger partial charge in [0.2, 0.25) is 11.7 Å². The molecule has 0 amide bonds. The van der Waals surface area contributed by atoms with Crippen molar-refractivity contribution in [3.8, 4) is 11.6 Å². The number of pyridine rings is 3. The van der Waals surface area contributed by atoms with Gasteiger partial charge in [-0.25, -0.2) is 14.4 Å². The predicted octanol–water partition coefficient (Wildman–Crippen LogP) is 4.96. The topological polar surface area (TPSA) is 84.8 Å². The zero-order valence-corrected chi connectivity index (χ0v) is 24.8. The average molecular weight is 603 g/mol. The van der Waals surface area contributed by atoms with Crippen LogP contribution in [-0.2, 0) is 19.6 Å². The molecule has 3 aromatic heterocycles. The van der Waals surface area contributed by atoms with Gasteiger partial charge >= 0.3 is 0 Å². The molecule has 0 unspecified atom stereocenters. The van der Waals surface area contributed by atoms with E-state index in [-0.39, 0.29) is 29.2 Å². The second kappa shape index (κ2) is 12.0. The summed E-state index contributed by atoms with van der Waals surface area (Å²) in [5, 5.41) is 3.56. The van der Waals surface area contributed by atoms with Crippen molar-refractivity contribution in [2.45, 2.75) is 51.4 Å². The molecule has 5 heterocycles. The van der Waals surface area contributed by atoms with E-state index in [1.807, 2.05) is 29.0 Å². The zero-order valence-electron chi connectivity index (χ0n) is 24.8. The summed E-state index contributed by atoms with van der Waals surface area (Å²) >= 11 is 0. The van der Waals surface area contributed by atoms with Crippen LogP contribution in [0.1, 0.15) is 36.8 Å². The fourth-order valence-corrected chi connectivity index (χ4v) is 6.37. The van der Waals surface area contributed by atoms with Gasteiger partial charge in [0.05, 0.1) is 36.4 Å². The van der Waals surface area contributed by atoms with E-state index in [1.165, 1.54) is 12.8 Å². The Morgan fingerprint density at radius 1 is 1.11 bits per heavy atom. The highest BCUT2D eigenvalue weighted by Gasteiger charge is 2.29. The van der Waals surface area contributed by atoms with E-state index in [0.29, 0.717) is 36.6 Å². The van der Waals surface area contributed by atoms with E-state index >= 15 is 0 Å². The molecule has 7 rings (SSSR count). The molecule has 1 aliphatic carbocycles. The number of nitrogens with one attached hydrogen (secondary N) is 1. The van der Waals surface area contributed by atoms with Crippen LogP contribution in [0.5, 0.6) is 11.6 Å². The van der Waals surface area contributed by atoms with Crippen molar-refractivity contribution in [2.75, 3.05) is 43.6 Å². The highest BCUT2D eigenvalue weighted by Crippen LogP contribution is 2.33. The molecular formula is C33H36F2N6O3. The number of benzene rings is 1. The Bertz CT molecular complexity index is 1730. The van der Waals surface area contributed by atoms with E-state index in [2.05, 4.69) is 31.2 Å². The molecule has 0 bridgehead atoms. The number of halogens is 2. The first-order chi connectivity index (χ1) is 21.5. The first-order valence-corrected chi connectivity index (χ1v) is 15.3. The van der Waals surface area contributed by atoms with Crippen LogP contribution in [0.3, 0.4) is 0 Å². The van der Waals surface area contributed by atoms with Crippen LogP contribution in [0.2, 0.25) is 0 Å². The Hall–Kier alpha value is -4.25. The predicted molar refractivity (Wildman–Crippen MR) is 164 cm³/mol. The maximum absolute atomic E-state index is 14.6. The third-order valence-electron chi connectivity index (χ3n) is 8.93. The van der Waals surface area contributed by atoms with Gasteiger partial charge in [0, 0.05) is 62.8 Å². The van der Waals surface area contributed by atoms with Crippen LogP contribution in [0.4, 0.5) is 20.3 Å². The van der Waals surface area contributed by atoms with Gasteiger partial charge < -0.3 is 24.3 Å². The molecule has 1 aromatic carbocycles. The first kappa shape index (κ1) is 28.5. The van der Waals surface area contributed by atoms with Gasteiger partial charge in [-0.05, 0) is 61.4 Å². The molecule has 9 nitrogen and oxygen atoms in total.